The van der Waals surface area contributed by atoms with E-state index in [2.05, 4.69) is 0 Å². The summed E-state index contributed by atoms with van der Waals surface area (Å²) < 4.78 is 27.5. The van der Waals surface area contributed by atoms with E-state index in [9.17, 15) is 8.78 Å². The molecule has 13 heavy (non-hydrogen) atoms. The highest BCUT2D eigenvalue weighted by atomic mass is 32.2. The summed E-state index contributed by atoms with van der Waals surface area (Å²) in [5.41, 5.74) is 0. The Balaban J connectivity index is 2.83. The van der Waals surface area contributed by atoms with Crippen LogP contribution in [0, 0.1) is 11.6 Å². The van der Waals surface area contributed by atoms with Crippen molar-refractivity contribution in [3.63, 3.8) is 0 Å². The average Bonchev–Trinajstić information content (AvgIpc) is 2.45. The van der Waals surface area contributed by atoms with Crippen molar-refractivity contribution >= 4 is 33.2 Å². The first-order valence-corrected chi connectivity index (χ1v) is 5.68. The molecule has 0 amide bonds. The van der Waals surface area contributed by atoms with Crippen molar-refractivity contribution in [1.29, 1.82) is 0 Å². The van der Waals surface area contributed by atoms with Gasteiger partial charge >= 0.3 is 0 Å². The van der Waals surface area contributed by atoms with Crippen LogP contribution in [-0.4, -0.2) is 6.26 Å². The molecule has 0 saturated carbocycles. The first-order chi connectivity index (χ1) is 6.24. The van der Waals surface area contributed by atoms with Gasteiger partial charge in [0.2, 0.25) is 0 Å². The SMILES string of the molecule is CSc1sc2c(F)cccc2c1F. The molecule has 0 nitrogen and oxygen atoms in total. The summed E-state index contributed by atoms with van der Waals surface area (Å²) in [6.45, 7) is 0. The second kappa shape index (κ2) is 3.27. The van der Waals surface area contributed by atoms with E-state index < -0.39 is 0 Å². The highest BCUT2D eigenvalue weighted by Crippen LogP contribution is 2.36. The Morgan fingerprint density at radius 1 is 1.31 bits per heavy atom. The van der Waals surface area contributed by atoms with Gasteiger partial charge < -0.3 is 0 Å². The maximum atomic E-state index is 13.4. The van der Waals surface area contributed by atoms with Gasteiger partial charge in [-0.25, -0.2) is 8.78 Å². The van der Waals surface area contributed by atoms with Crippen LogP contribution in [0.3, 0.4) is 0 Å². The predicted octanol–water partition coefficient (Wildman–Crippen LogP) is 3.90. The Hall–Kier alpha value is -0.610. The molecule has 0 saturated heterocycles. The van der Waals surface area contributed by atoms with Crippen molar-refractivity contribution in [3.05, 3.63) is 29.8 Å². The first kappa shape index (κ1) is 8.97. The van der Waals surface area contributed by atoms with Crippen LogP contribution in [-0.2, 0) is 0 Å². The number of rotatable bonds is 1. The molecule has 0 radical (unpaired) electrons. The molecule has 0 spiro atoms. The Morgan fingerprint density at radius 2 is 2.08 bits per heavy atom. The molecular formula is C9H6F2S2. The Kier molecular flexibility index (Phi) is 2.26. The highest BCUT2D eigenvalue weighted by molar-refractivity contribution is 8.00. The van der Waals surface area contributed by atoms with E-state index >= 15 is 0 Å². The summed E-state index contributed by atoms with van der Waals surface area (Å²) in [6, 6.07) is 4.48. The molecule has 0 unspecified atom stereocenters. The number of hydrogen-bond acceptors (Lipinski definition) is 2. The van der Waals surface area contributed by atoms with Gasteiger partial charge in [-0.1, -0.05) is 12.1 Å². The van der Waals surface area contributed by atoms with Crippen LogP contribution in [0.15, 0.2) is 22.4 Å². The molecule has 68 valence electrons. The second-order valence-corrected chi connectivity index (χ2v) is 4.62. The van der Waals surface area contributed by atoms with Crippen LogP contribution in [0.1, 0.15) is 0 Å². The lowest BCUT2D eigenvalue weighted by Crippen LogP contribution is -1.74. The van der Waals surface area contributed by atoms with Gasteiger partial charge in [0.05, 0.1) is 8.91 Å². The normalized spacial score (nSPS) is 11.0. The Labute approximate surface area is 82.6 Å². The van der Waals surface area contributed by atoms with Crippen LogP contribution in [0.4, 0.5) is 8.78 Å². The highest BCUT2D eigenvalue weighted by Gasteiger charge is 2.13. The minimum atomic E-state index is -0.346. The van der Waals surface area contributed by atoms with Gasteiger partial charge in [-0.05, 0) is 12.3 Å². The van der Waals surface area contributed by atoms with Gasteiger partial charge in [0.15, 0.2) is 5.82 Å². The lowest BCUT2D eigenvalue weighted by molar-refractivity contribution is 0.621. The molecular weight excluding hydrogens is 210 g/mol. The molecule has 0 atom stereocenters. The van der Waals surface area contributed by atoms with Crippen molar-refractivity contribution in [1.82, 2.24) is 0 Å². The summed E-state index contributed by atoms with van der Waals surface area (Å²) in [5, 5.41) is 0.384. The first-order valence-electron chi connectivity index (χ1n) is 3.64. The topological polar surface area (TPSA) is 0 Å². The zero-order chi connectivity index (χ0) is 9.42. The van der Waals surface area contributed by atoms with Crippen molar-refractivity contribution in [2.75, 3.05) is 6.26 Å². The van der Waals surface area contributed by atoms with E-state index in [0.29, 0.717) is 14.3 Å². The summed E-state index contributed by atoms with van der Waals surface area (Å²) in [5.74, 6) is -0.645. The van der Waals surface area contributed by atoms with Crippen LogP contribution in [0.25, 0.3) is 10.1 Å². The molecule has 2 aromatic rings. The van der Waals surface area contributed by atoms with Gasteiger partial charge in [-0.15, -0.1) is 23.1 Å². The van der Waals surface area contributed by atoms with E-state index in [0.717, 1.165) is 11.3 Å². The largest absolute Gasteiger partial charge is 0.205 e. The summed E-state index contributed by atoms with van der Waals surface area (Å²) in [4.78, 5) is 0. The summed E-state index contributed by atoms with van der Waals surface area (Å²) in [7, 11) is 0. The second-order valence-electron chi connectivity index (χ2n) is 2.52. The van der Waals surface area contributed by atoms with Gasteiger partial charge in [0.1, 0.15) is 5.82 Å². The molecule has 1 aromatic carbocycles. The smallest absolute Gasteiger partial charge is 0.155 e. The minimum absolute atomic E-state index is 0.299. The summed E-state index contributed by atoms with van der Waals surface area (Å²) >= 11 is 2.47. The lowest BCUT2D eigenvalue weighted by Gasteiger charge is -1.89. The Morgan fingerprint density at radius 3 is 2.69 bits per heavy atom. The molecule has 4 heteroatoms. The third kappa shape index (κ3) is 1.34. The molecule has 0 bridgehead atoms. The van der Waals surface area contributed by atoms with E-state index in [1.54, 1.807) is 12.3 Å². The molecule has 1 aromatic heterocycles. The van der Waals surface area contributed by atoms with Crippen molar-refractivity contribution < 1.29 is 8.78 Å². The van der Waals surface area contributed by atoms with Crippen LogP contribution in [0.5, 0.6) is 0 Å². The van der Waals surface area contributed by atoms with Gasteiger partial charge in [0.25, 0.3) is 0 Å². The van der Waals surface area contributed by atoms with Gasteiger partial charge in [-0.2, -0.15) is 0 Å². The molecule has 0 N–H and O–H groups in total. The monoisotopic (exact) mass is 216 g/mol. The quantitative estimate of drug-likeness (QED) is 0.651. The number of thiophene rings is 1. The molecule has 0 aliphatic heterocycles. The Bertz CT molecular complexity index is 448. The molecule has 1 heterocycles. The van der Waals surface area contributed by atoms with E-state index in [1.807, 2.05) is 0 Å². The third-order valence-electron chi connectivity index (χ3n) is 1.76. The average molecular weight is 216 g/mol. The van der Waals surface area contributed by atoms with Gasteiger partial charge in [0, 0.05) is 5.39 Å². The fourth-order valence-electron chi connectivity index (χ4n) is 1.16. The van der Waals surface area contributed by atoms with Crippen LogP contribution in [0.2, 0.25) is 0 Å². The lowest BCUT2D eigenvalue weighted by atomic mass is 10.2. The maximum Gasteiger partial charge on any atom is 0.155 e. The molecule has 0 aliphatic rings. The van der Waals surface area contributed by atoms with E-state index in [1.165, 1.54) is 23.9 Å². The molecule has 0 fully saturated rings. The zero-order valence-corrected chi connectivity index (χ0v) is 8.44. The number of halogens is 2. The number of hydrogen-bond donors (Lipinski definition) is 0. The fourth-order valence-corrected chi connectivity index (χ4v) is 2.85. The van der Waals surface area contributed by atoms with Crippen LogP contribution >= 0.6 is 23.1 Å². The molecule has 0 aliphatic carbocycles. The zero-order valence-electron chi connectivity index (χ0n) is 6.80. The van der Waals surface area contributed by atoms with Crippen LogP contribution < -0.4 is 0 Å². The van der Waals surface area contributed by atoms with Crippen molar-refractivity contribution in [2.24, 2.45) is 0 Å². The maximum absolute atomic E-state index is 13.4. The fraction of sp³-hybridized carbons (Fsp3) is 0.111. The van der Waals surface area contributed by atoms with Crippen molar-refractivity contribution in [3.8, 4) is 0 Å². The van der Waals surface area contributed by atoms with Crippen molar-refractivity contribution in [2.45, 2.75) is 4.21 Å². The third-order valence-corrected chi connectivity index (χ3v) is 4.05. The number of thioether (sulfide) groups is 1. The van der Waals surface area contributed by atoms with E-state index in [4.69, 9.17) is 0 Å². The standard InChI is InChI=1S/C9H6F2S2/c1-12-9-7(11)5-3-2-4-6(10)8(5)13-9/h2-4H,1H3. The minimum Gasteiger partial charge on any atom is -0.205 e. The van der Waals surface area contributed by atoms with Gasteiger partial charge in [-0.3, -0.25) is 0 Å². The molecule has 2 rings (SSSR count). The number of benzene rings is 1. The predicted molar refractivity (Wildman–Crippen MR) is 53.5 cm³/mol. The summed E-state index contributed by atoms with van der Waals surface area (Å²) in [6.07, 6.45) is 1.78. The van der Waals surface area contributed by atoms with E-state index in [-0.39, 0.29) is 11.6 Å². The number of fused-ring (bicyclic) bond motifs is 1.